The monoisotopic (exact) mass is 438 g/mol. The molecule has 2 aliphatic rings. The molecule has 0 spiro atoms. The Hall–Kier alpha value is -2.03. The second-order valence-corrected chi connectivity index (χ2v) is 11.1. The molecule has 0 saturated heterocycles. The average molecular weight is 439 g/mol. The fourth-order valence-electron chi connectivity index (χ4n) is 5.19. The van der Waals surface area contributed by atoms with Crippen LogP contribution >= 0.6 is 0 Å². The van der Waals surface area contributed by atoms with Gasteiger partial charge in [0.1, 0.15) is 5.75 Å². The first-order valence-electron chi connectivity index (χ1n) is 12.3. The first kappa shape index (κ1) is 24.6. The number of hydrogen-bond acceptors (Lipinski definition) is 3. The second-order valence-electron chi connectivity index (χ2n) is 11.1. The molecule has 0 atom stereocenters. The van der Waals surface area contributed by atoms with Crippen LogP contribution in [0.4, 0.5) is 0 Å². The van der Waals surface area contributed by atoms with E-state index in [-0.39, 0.29) is 22.2 Å². The molecular formula is C29H42O3. The molecule has 1 fully saturated rings. The van der Waals surface area contributed by atoms with Crippen molar-refractivity contribution < 1.29 is 14.3 Å². The van der Waals surface area contributed by atoms with E-state index < -0.39 is 0 Å². The van der Waals surface area contributed by atoms with Crippen LogP contribution in [-0.4, -0.2) is 19.2 Å². The zero-order valence-electron chi connectivity index (χ0n) is 21.5. The van der Waals surface area contributed by atoms with Crippen molar-refractivity contribution in [2.24, 2.45) is 0 Å². The van der Waals surface area contributed by atoms with Crippen molar-refractivity contribution in [2.75, 3.05) is 13.2 Å². The minimum Gasteiger partial charge on any atom is -0.493 e. The maximum atomic E-state index is 11.9. The van der Waals surface area contributed by atoms with Gasteiger partial charge in [-0.15, -0.1) is 0 Å². The smallest absolute Gasteiger partial charge is 0.330 e. The highest BCUT2D eigenvalue weighted by Crippen LogP contribution is 2.59. The summed E-state index contributed by atoms with van der Waals surface area (Å²) < 4.78 is 11.5. The number of allylic oxidation sites excluding steroid dienone is 3. The molecule has 1 aromatic rings. The molecule has 0 radical (unpaired) electrons. The van der Waals surface area contributed by atoms with Gasteiger partial charge in [-0.25, -0.2) is 4.79 Å². The predicted octanol–water partition coefficient (Wildman–Crippen LogP) is 7.31. The van der Waals surface area contributed by atoms with Gasteiger partial charge in [0.2, 0.25) is 0 Å². The Morgan fingerprint density at radius 3 is 2.03 bits per heavy atom. The predicted molar refractivity (Wildman–Crippen MR) is 133 cm³/mol. The lowest BCUT2D eigenvalue weighted by Crippen LogP contribution is -2.34. The molecule has 3 heteroatoms. The molecule has 2 aliphatic carbocycles. The Morgan fingerprint density at radius 2 is 1.50 bits per heavy atom. The van der Waals surface area contributed by atoms with Crippen LogP contribution in [0.15, 0.2) is 35.4 Å². The molecule has 0 heterocycles. The minimum absolute atomic E-state index is 0.000460. The summed E-state index contributed by atoms with van der Waals surface area (Å²) in [6.07, 6.45) is 9.37. The zero-order chi connectivity index (χ0) is 23.7. The summed E-state index contributed by atoms with van der Waals surface area (Å²) in [4.78, 5) is 11.9. The van der Waals surface area contributed by atoms with Crippen molar-refractivity contribution in [3.63, 3.8) is 0 Å². The molecule has 0 amide bonds. The largest absolute Gasteiger partial charge is 0.493 e. The third-order valence-electron chi connectivity index (χ3n) is 7.51. The summed E-state index contributed by atoms with van der Waals surface area (Å²) >= 11 is 0. The lowest BCUT2D eigenvalue weighted by molar-refractivity contribution is -0.137. The van der Waals surface area contributed by atoms with E-state index in [1.165, 1.54) is 35.1 Å². The molecule has 1 aromatic carbocycles. The Kier molecular flexibility index (Phi) is 6.98. The molecule has 32 heavy (non-hydrogen) atoms. The van der Waals surface area contributed by atoms with E-state index in [0.717, 1.165) is 37.2 Å². The maximum Gasteiger partial charge on any atom is 0.330 e. The van der Waals surface area contributed by atoms with Gasteiger partial charge >= 0.3 is 5.97 Å². The first-order chi connectivity index (χ1) is 15.0. The fraction of sp³-hybridized carbons (Fsp3) is 0.621. The van der Waals surface area contributed by atoms with E-state index in [1.807, 2.05) is 13.8 Å². The Balaban J connectivity index is 2.09. The van der Waals surface area contributed by atoms with Gasteiger partial charge in [0.15, 0.2) is 0 Å². The summed E-state index contributed by atoms with van der Waals surface area (Å²) in [5, 5.41) is 0. The van der Waals surface area contributed by atoms with Crippen molar-refractivity contribution >= 4 is 5.97 Å². The first-order valence-corrected chi connectivity index (χ1v) is 12.3. The third kappa shape index (κ3) is 4.82. The van der Waals surface area contributed by atoms with E-state index >= 15 is 0 Å². The van der Waals surface area contributed by atoms with Crippen LogP contribution in [0.2, 0.25) is 0 Å². The van der Waals surface area contributed by atoms with Crippen LogP contribution in [0.5, 0.6) is 5.75 Å². The fourth-order valence-corrected chi connectivity index (χ4v) is 5.19. The van der Waals surface area contributed by atoms with Gasteiger partial charge in [-0.3, -0.25) is 0 Å². The Labute approximate surface area is 195 Å². The summed E-state index contributed by atoms with van der Waals surface area (Å²) in [6, 6.07) is 4.83. The van der Waals surface area contributed by atoms with Crippen molar-refractivity contribution in [1.82, 2.24) is 0 Å². The SMILES string of the molecule is CCCOc1cc2c(cc1C1(C(C)=CC(C)=CC(=O)OCC)CC1)C(C)(C)CCC2(C)C. The quantitative estimate of drug-likeness (QED) is 0.242. The van der Waals surface area contributed by atoms with Gasteiger partial charge in [0.25, 0.3) is 0 Å². The van der Waals surface area contributed by atoms with Crippen LogP contribution in [0.1, 0.15) is 104 Å². The maximum absolute atomic E-state index is 11.9. The summed E-state index contributed by atoms with van der Waals surface area (Å²) in [7, 11) is 0. The van der Waals surface area contributed by atoms with Crippen LogP contribution in [0.25, 0.3) is 0 Å². The number of carbonyl (C=O) groups is 1. The topological polar surface area (TPSA) is 35.5 Å². The molecule has 3 nitrogen and oxygen atoms in total. The Bertz CT molecular complexity index is 926. The summed E-state index contributed by atoms with van der Waals surface area (Å²) in [6.45, 7) is 18.8. The van der Waals surface area contributed by atoms with Crippen molar-refractivity contribution in [3.05, 3.63) is 52.1 Å². The number of esters is 1. The molecular weight excluding hydrogens is 396 g/mol. The van der Waals surface area contributed by atoms with E-state index in [2.05, 4.69) is 59.8 Å². The van der Waals surface area contributed by atoms with Crippen LogP contribution in [0, 0.1) is 0 Å². The van der Waals surface area contributed by atoms with E-state index in [0.29, 0.717) is 6.61 Å². The van der Waals surface area contributed by atoms with Gasteiger partial charge < -0.3 is 9.47 Å². The van der Waals surface area contributed by atoms with Gasteiger partial charge in [-0.1, -0.05) is 52.3 Å². The van der Waals surface area contributed by atoms with Gasteiger partial charge in [-0.2, -0.15) is 0 Å². The molecule has 176 valence electrons. The number of carbonyl (C=O) groups excluding carboxylic acids is 1. The molecule has 0 N–H and O–H groups in total. The van der Waals surface area contributed by atoms with Gasteiger partial charge in [-0.05, 0) is 86.5 Å². The van der Waals surface area contributed by atoms with Crippen molar-refractivity contribution in [1.29, 1.82) is 0 Å². The van der Waals surface area contributed by atoms with Gasteiger partial charge in [0, 0.05) is 17.1 Å². The lowest BCUT2D eigenvalue weighted by Gasteiger charge is -2.43. The molecule has 0 bridgehead atoms. The van der Waals surface area contributed by atoms with Crippen LogP contribution < -0.4 is 4.74 Å². The van der Waals surface area contributed by atoms with Crippen LogP contribution in [-0.2, 0) is 25.8 Å². The highest BCUT2D eigenvalue weighted by Gasteiger charge is 2.49. The lowest BCUT2D eigenvalue weighted by atomic mass is 9.62. The third-order valence-corrected chi connectivity index (χ3v) is 7.51. The zero-order valence-corrected chi connectivity index (χ0v) is 21.5. The molecule has 3 rings (SSSR count). The van der Waals surface area contributed by atoms with E-state index in [9.17, 15) is 4.79 Å². The molecule has 1 saturated carbocycles. The summed E-state index contributed by atoms with van der Waals surface area (Å²) in [5.41, 5.74) is 6.80. The highest BCUT2D eigenvalue weighted by atomic mass is 16.5. The molecule has 0 unspecified atom stereocenters. The van der Waals surface area contributed by atoms with Crippen LogP contribution in [0.3, 0.4) is 0 Å². The summed E-state index contributed by atoms with van der Waals surface area (Å²) in [5.74, 6) is 0.775. The van der Waals surface area contributed by atoms with E-state index in [1.54, 1.807) is 6.08 Å². The number of benzene rings is 1. The number of rotatable bonds is 8. The highest BCUT2D eigenvalue weighted by molar-refractivity contribution is 5.83. The number of fused-ring (bicyclic) bond motifs is 1. The normalized spacial score (nSPS) is 21.0. The second kappa shape index (κ2) is 9.08. The molecule has 0 aromatic heterocycles. The standard InChI is InChI=1S/C29H42O3/c1-9-15-32-25-19-23-22(27(5,6)11-12-28(23,7)8)18-24(25)29(13-14-29)21(4)16-20(3)17-26(30)31-10-2/h16-19H,9-15H2,1-8H3. The number of hydrogen-bond donors (Lipinski definition) is 0. The molecule has 0 aliphatic heterocycles. The van der Waals surface area contributed by atoms with Crippen molar-refractivity contribution in [2.45, 2.75) is 104 Å². The van der Waals surface area contributed by atoms with E-state index in [4.69, 9.17) is 9.47 Å². The average Bonchev–Trinajstić information content (AvgIpc) is 3.51. The van der Waals surface area contributed by atoms with Crippen molar-refractivity contribution in [3.8, 4) is 5.75 Å². The minimum atomic E-state index is -0.274. The number of ether oxygens (including phenoxy) is 2. The Morgan fingerprint density at radius 1 is 0.906 bits per heavy atom. The van der Waals surface area contributed by atoms with Gasteiger partial charge in [0.05, 0.1) is 13.2 Å².